The van der Waals surface area contributed by atoms with Crippen molar-refractivity contribution in [3.8, 4) is 0 Å². The molecule has 1 aromatic rings. The molecule has 1 aliphatic heterocycles. The summed E-state index contributed by atoms with van der Waals surface area (Å²) in [7, 11) is 0. The predicted molar refractivity (Wildman–Crippen MR) is 57.0 cm³/mol. The van der Waals surface area contributed by atoms with Gasteiger partial charge in [-0.3, -0.25) is 5.06 Å². The van der Waals surface area contributed by atoms with E-state index in [0.29, 0.717) is 5.84 Å². The monoisotopic (exact) mass is 190 g/mol. The van der Waals surface area contributed by atoms with Gasteiger partial charge in [-0.1, -0.05) is 12.1 Å². The Kier molecular flexibility index (Phi) is 1.94. The van der Waals surface area contributed by atoms with Crippen LogP contribution in [0.25, 0.3) is 0 Å². The van der Waals surface area contributed by atoms with Gasteiger partial charge in [0.2, 0.25) is 5.84 Å². The van der Waals surface area contributed by atoms with E-state index in [1.54, 1.807) is 0 Å². The molecule has 1 atom stereocenters. The second kappa shape index (κ2) is 2.90. The fraction of sp³-hybridized carbons (Fsp3) is 0.364. The van der Waals surface area contributed by atoms with Crippen molar-refractivity contribution in [2.24, 2.45) is 10.4 Å². The average molecular weight is 190 g/mol. The highest BCUT2D eigenvalue weighted by Crippen LogP contribution is 2.28. The normalized spacial score (nSPS) is 20.6. The van der Waals surface area contributed by atoms with Crippen LogP contribution in [0.1, 0.15) is 20.8 Å². The molecular weight excluding hydrogens is 176 g/mol. The lowest BCUT2D eigenvalue weighted by atomic mass is 9.95. The number of nitrogens with one attached hydrogen (secondary N) is 1. The Morgan fingerprint density at radius 1 is 1.21 bits per heavy atom. The van der Waals surface area contributed by atoms with Crippen LogP contribution in [0.4, 0.5) is 11.4 Å². The van der Waals surface area contributed by atoms with Crippen molar-refractivity contribution in [1.29, 1.82) is 0 Å². The van der Waals surface area contributed by atoms with Gasteiger partial charge in [0.1, 0.15) is 5.69 Å². The Labute approximate surface area is 83.7 Å². The fourth-order valence-electron chi connectivity index (χ4n) is 1.57. The topological polar surface area (TPSA) is 39.9 Å². The Morgan fingerprint density at radius 2 is 1.86 bits per heavy atom. The molecule has 0 fully saturated rings. The fourth-order valence-corrected chi connectivity index (χ4v) is 1.57. The van der Waals surface area contributed by atoms with Gasteiger partial charge < -0.3 is 5.21 Å². The van der Waals surface area contributed by atoms with Crippen molar-refractivity contribution in [3.63, 3.8) is 0 Å². The number of para-hydroxylation sites is 2. The van der Waals surface area contributed by atoms with E-state index >= 15 is 0 Å². The molecule has 0 bridgehead atoms. The van der Waals surface area contributed by atoms with Gasteiger partial charge in [0.15, 0.2) is 5.69 Å². The van der Waals surface area contributed by atoms with Gasteiger partial charge in [-0.25, -0.2) is 0 Å². The Hall–Kier alpha value is -1.19. The zero-order valence-corrected chi connectivity index (χ0v) is 8.66. The number of hydroxylamine groups is 1. The second-order valence-electron chi connectivity index (χ2n) is 4.56. The van der Waals surface area contributed by atoms with Gasteiger partial charge in [0, 0.05) is 6.07 Å². The molecule has 3 heteroatoms. The van der Waals surface area contributed by atoms with Crippen LogP contribution >= 0.6 is 0 Å². The molecule has 0 saturated heterocycles. The summed E-state index contributed by atoms with van der Waals surface area (Å²) in [5.41, 5.74) is 1.37. The highest BCUT2D eigenvalue weighted by molar-refractivity contribution is 5.89. The van der Waals surface area contributed by atoms with Crippen molar-refractivity contribution in [3.05, 3.63) is 29.5 Å². The molecular formula is C11H14N2O. The largest absolute Gasteiger partial charge is 0.622 e. The number of benzene rings is 1. The second-order valence-corrected chi connectivity index (χ2v) is 4.56. The molecule has 2 rings (SSSR count). The molecule has 0 spiro atoms. The summed E-state index contributed by atoms with van der Waals surface area (Å²) in [5, 5.41) is 12.0. The summed E-state index contributed by atoms with van der Waals surface area (Å²) in [6.45, 7) is 6.03. The number of amidine groups is 1. The average Bonchev–Trinajstić information content (AvgIpc) is 2.44. The van der Waals surface area contributed by atoms with E-state index in [1.165, 1.54) is 0 Å². The minimum atomic E-state index is -0.171. The molecule has 0 aromatic heterocycles. The lowest BCUT2D eigenvalue weighted by Gasteiger charge is -2.25. The number of quaternary nitrogens is 1. The summed E-state index contributed by atoms with van der Waals surface area (Å²) in [4.78, 5) is 4.37. The van der Waals surface area contributed by atoms with E-state index in [1.807, 2.05) is 45.0 Å². The van der Waals surface area contributed by atoms with Crippen LogP contribution in [0.15, 0.2) is 29.3 Å². The first-order valence-corrected chi connectivity index (χ1v) is 4.73. The van der Waals surface area contributed by atoms with Crippen molar-refractivity contribution in [1.82, 2.24) is 0 Å². The van der Waals surface area contributed by atoms with E-state index in [9.17, 15) is 5.21 Å². The van der Waals surface area contributed by atoms with E-state index in [-0.39, 0.29) is 10.5 Å². The van der Waals surface area contributed by atoms with Crippen molar-refractivity contribution >= 4 is 17.2 Å². The molecule has 0 aliphatic carbocycles. The van der Waals surface area contributed by atoms with Gasteiger partial charge in [-0.05, 0) is 26.8 Å². The molecule has 3 nitrogen and oxygen atoms in total. The molecule has 74 valence electrons. The van der Waals surface area contributed by atoms with Crippen LogP contribution in [-0.2, 0) is 0 Å². The van der Waals surface area contributed by atoms with Gasteiger partial charge in [0.25, 0.3) is 0 Å². The number of nitrogens with zero attached hydrogens (tertiary/aromatic N) is 1. The SMILES string of the molecule is CC(C)(C)C1=Nc2ccccc2[NH+]1[O-]. The van der Waals surface area contributed by atoms with E-state index in [0.717, 1.165) is 11.4 Å². The lowest BCUT2D eigenvalue weighted by Crippen LogP contribution is -3.05. The van der Waals surface area contributed by atoms with Crippen molar-refractivity contribution in [2.75, 3.05) is 0 Å². The molecule has 0 amide bonds. The lowest BCUT2D eigenvalue weighted by molar-refractivity contribution is -0.669. The van der Waals surface area contributed by atoms with Crippen LogP contribution in [0, 0.1) is 10.6 Å². The first-order valence-electron chi connectivity index (χ1n) is 4.73. The Balaban J connectivity index is 2.47. The molecule has 1 heterocycles. The van der Waals surface area contributed by atoms with E-state index in [2.05, 4.69) is 4.99 Å². The van der Waals surface area contributed by atoms with Crippen LogP contribution < -0.4 is 5.06 Å². The number of aliphatic imine (C=N–C) groups is 1. The van der Waals surface area contributed by atoms with E-state index in [4.69, 9.17) is 0 Å². The maximum Gasteiger partial charge on any atom is 0.212 e. The number of fused-ring (bicyclic) bond motifs is 1. The van der Waals surface area contributed by atoms with Crippen LogP contribution in [0.3, 0.4) is 0 Å². The van der Waals surface area contributed by atoms with Crippen molar-refractivity contribution < 1.29 is 5.06 Å². The highest BCUT2D eigenvalue weighted by Gasteiger charge is 2.32. The summed E-state index contributed by atoms with van der Waals surface area (Å²) in [5.74, 6) is 0.665. The first kappa shape index (κ1) is 9.37. The molecule has 1 aliphatic rings. The van der Waals surface area contributed by atoms with Gasteiger partial charge in [0.05, 0.1) is 5.41 Å². The van der Waals surface area contributed by atoms with E-state index < -0.39 is 0 Å². The third-order valence-corrected chi connectivity index (χ3v) is 2.31. The summed E-state index contributed by atoms with van der Waals surface area (Å²) < 4.78 is 0. The third kappa shape index (κ3) is 1.35. The quantitative estimate of drug-likeness (QED) is 0.622. The smallest absolute Gasteiger partial charge is 0.212 e. The summed E-state index contributed by atoms with van der Waals surface area (Å²) in [6, 6.07) is 7.49. The molecule has 1 N–H and O–H groups in total. The molecule has 1 aromatic carbocycles. The Bertz CT molecular complexity index is 391. The van der Waals surface area contributed by atoms with Gasteiger partial charge in [-0.2, -0.15) is 4.99 Å². The standard InChI is InChI=1S/C11H14N2O/c1-11(2,3)10-12-8-6-4-5-7-9(8)13(10)14/h4-7,13H,1-3H3. The maximum atomic E-state index is 11.9. The molecule has 1 unspecified atom stereocenters. The molecule has 0 radical (unpaired) electrons. The number of hydrogen-bond acceptors (Lipinski definition) is 2. The minimum Gasteiger partial charge on any atom is -0.622 e. The summed E-state index contributed by atoms with van der Waals surface area (Å²) >= 11 is 0. The Morgan fingerprint density at radius 3 is 2.43 bits per heavy atom. The van der Waals surface area contributed by atoms with Gasteiger partial charge in [-0.15, -0.1) is 0 Å². The summed E-state index contributed by atoms with van der Waals surface area (Å²) in [6.07, 6.45) is 0. The zero-order chi connectivity index (χ0) is 10.3. The molecule has 0 saturated carbocycles. The third-order valence-electron chi connectivity index (χ3n) is 2.31. The van der Waals surface area contributed by atoms with Crippen LogP contribution in [-0.4, -0.2) is 5.84 Å². The van der Waals surface area contributed by atoms with Gasteiger partial charge >= 0.3 is 0 Å². The number of rotatable bonds is 0. The minimum absolute atomic E-state index is 0.0769. The maximum absolute atomic E-state index is 11.9. The zero-order valence-electron chi connectivity index (χ0n) is 8.66. The molecule has 14 heavy (non-hydrogen) atoms. The number of hydrogen-bond donors (Lipinski definition) is 1. The van der Waals surface area contributed by atoms with Crippen molar-refractivity contribution in [2.45, 2.75) is 20.8 Å². The predicted octanol–water partition coefficient (Wildman–Crippen LogP) is 1.79. The van der Waals surface area contributed by atoms with Crippen LogP contribution in [0.2, 0.25) is 0 Å². The first-order chi connectivity index (χ1) is 6.50. The highest BCUT2D eigenvalue weighted by atomic mass is 16.5. The van der Waals surface area contributed by atoms with Crippen LogP contribution in [0.5, 0.6) is 0 Å².